The molecule has 160 valence electrons. The zero-order valence-corrected chi connectivity index (χ0v) is 19.0. The zero-order valence-electron chi connectivity index (χ0n) is 15.8. The van der Waals surface area contributed by atoms with E-state index in [4.69, 9.17) is 16.7 Å². The summed E-state index contributed by atoms with van der Waals surface area (Å²) in [5.41, 5.74) is 0.682. The van der Waals surface area contributed by atoms with Crippen LogP contribution in [0.15, 0.2) is 57.2 Å². The van der Waals surface area contributed by atoms with Gasteiger partial charge in [-0.15, -0.1) is 0 Å². The van der Waals surface area contributed by atoms with Gasteiger partial charge < -0.3 is 4.57 Å². The molecule has 1 aromatic heterocycles. The number of hydrogen-bond acceptors (Lipinski definition) is 6. The quantitative estimate of drug-likeness (QED) is 0.570. The third-order valence-corrected chi connectivity index (χ3v) is 7.96. The summed E-state index contributed by atoms with van der Waals surface area (Å²) in [5, 5.41) is 5.57. The van der Waals surface area contributed by atoms with Crippen LogP contribution in [0.25, 0.3) is 10.2 Å². The lowest BCUT2D eigenvalue weighted by molar-refractivity contribution is -0.115. The average molecular weight is 488 g/mol. The number of sulfonamides is 1. The van der Waals surface area contributed by atoms with Crippen molar-refractivity contribution < 1.29 is 21.6 Å². The number of nitrogens with zero attached hydrogens (tertiary/aromatic N) is 2. The van der Waals surface area contributed by atoms with E-state index in [-0.39, 0.29) is 14.6 Å². The number of aromatic nitrogens is 1. The highest BCUT2D eigenvalue weighted by Gasteiger charge is 2.20. The minimum atomic E-state index is -3.88. The Morgan fingerprint density at radius 3 is 2.33 bits per heavy atom. The Balaban J connectivity index is 2.02. The van der Waals surface area contributed by atoms with Crippen LogP contribution >= 0.6 is 22.9 Å². The van der Waals surface area contributed by atoms with Gasteiger partial charge in [-0.25, -0.2) is 22.0 Å². The van der Waals surface area contributed by atoms with Crippen LogP contribution in [-0.4, -0.2) is 33.1 Å². The number of amides is 1. The van der Waals surface area contributed by atoms with Crippen molar-refractivity contribution in [1.29, 1.82) is 0 Å². The molecule has 30 heavy (non-hydrogen) atoms. The van der Waals surface area contributed by atoms with Crippen LogP contribution in [0.5, 0.6) is 0 Å². The summed E-state index contributed by atoms with van der Waals surface area (Å²) in [6, 6.07) is 9.91. The third-order valence-electron chi connectivity index (χ3n) is 4.14. The Hall–Kier alpha value is -2.05. The van der Waals surface area contributed by atoms with E-state index < -0.39 is 31.5 Å². The number of nitrogens with two attached hydrogens (primary N) is 1. The second-order valence-corrected chi connectivity index (χ2v) is 11.4. The molecular formula is C18H18ClN3O5S3. The van der Waals surface area contributed by atoms with E-state index in [1.807, 2.05) is 6.92 Å². The normalized spacial score (nSPS) is 13.1. The van der Waals surface area contributed by atoms with Gasteiger partial charge >= 0.3 is 0 Å². The van der Waals surface area contributed by atoms with Crippen LogP contribution in [0, 0.1) is 0 Å². The highest BCUT2D eigenvalue weighted by atomic mass is 35.5. The van der Waals surface area contributed by atoms with Crippen LogP contribution in [0.3, 0.4) is 0 Å². The van der Waals surface area contributed by atoms with Crippen LogP contribution in [0.4, 0.5) is 0 Å². The van der Waals surface area contributed by atoms with E-state index in [1.54, 1.807) is 10.6 Å². The molecule has 0 aliphatic heterocycles. The van der Waals surface area contributed by atoms with E-state index in [0.29, 0.717) is 21.8 Å². The third kappa shape index (κ3) is 4.98. The fraction of sp³-hybridized carbons (Fsp3) is 0.222. The van der Waals surface area contributed by atoms with Gasteiger partial charge in [0.25, 0.3) is 5.91 Å². The van der Waals surface area contributed by atoms with Gasteiger partial charge in [0.2, 0.25) is 10.0 Å². The molecule has 0 saturated carbocycles. The lowest BCUT2D eigenvalue weighted by atomic mass is 10.3. The van der Waals surface area contributed by atoms with Crippen molar-refractivity contribution in [3.05, 3.63) is 52.3 Å². The number of carbonyl (C=O) groups is 1. The minimum Gasteiger partial charge on any atom is -0.316 e. The van der Waals surface area contributed by atoms with Gasteiger partial charge in [0.1, 0.15) is 5.75 Å². The van der Waals surface area contributed by atoms with Gasteiger partial charge in [0.05, 0.1) is 20.0 Å². The van der Waals surface area contributed by atoms with Gasteiger partial charge in [0, 0.05) is 11.6 Å². The second kappa shape index (κ2) is 8.60. The zero-order chi connectivity index (χ0) is 22.1. The molecule has 0 atom stereocenters. The fourth-order valence-corrected chi connectivity index (χ4v) is 5.74. The highest BCUT2D eigenvalue weighted by Crippen LogP contribution is 2.22. The Kier molecular flexibility index (Phi) is 6.48. The van der Waals surface area contributed by atoms with E-state index >= 15 is 0 Å². The van der Waals surface area contributed by atoms with Gasteiger partial charge in [-0.3, -0.25) is 4.79 Å². The Morgan fingerprint density at radius 1 is 1.10 bits per heavy atom. The number of primary sulfonamides is 1. The van der Waals surface area contributed by atoms with Crippen LogP contribution in [0.2, 0.25) is 5.02 Å². The SMILES string of the molecule is CCCn1c(=NC(=O)CS(=O)(=O)c2ccc(Cl)cc2)sc2cc(S(N)(=O)=O)ccc21. The second-order valence-electron chi connectivity index (χ2n) is 6.43. The number of fused-ring (bicyclic) bond motifs is 1. The maximum Gasteiger partial charge on any atom is 0.263 e. The summed E-state index contributed by atoms with van der Waals surface area (Å²) in [5.74, 6) is -1.62. The van der Waals surface area contributed by atoms with E-state index in [1.165, 1.54) is 36.4 Å². The molecule has 2 aromatic carbocycles. The Morgan fingerprint density at radius 2 is 1.73 bits per heavy atom. The summed E-state index contributed by atoms with van der Waals surface area (Å²) in [7, 11) is -7.76. The van der Waals surface area contributed by atoms with E-state index in [9.17, 15) is 21.6 Å². The summed E-state index contributed by atoms with van der Waals surface area (Å²) < 4.78 is 50.5. The molecule has 0 aliphatic carbocycles. The van der Waals surface area contributed by atoms with Gasteiger partial charge in [-0.2, -0.15) is 4.99 Å². The summed E-state index contributed by atoms with van der Waals surface area (Å²) in [6.07, 6.45) is 0.729. The number of thiazole rings is 1. The fourth-order valence-electron chi connectivity index (χ4n) is 2.78. The van der Waals surface area contributed by atoms with Crippen molar-refractivity contribution in [3.8, 4) is 0 Å². The first-order chi connectivity index (χ1) is 14.0. The number of halogens is 1. The van der Waals surface area contributed by atoms with Gasteiger partial charge in [0.15, 0.2) is 14.6 Å². The molecule has 0 aliphatic rings. The molecule has 0 unspecified atom stereocenters. The molecule has 12 heteroatoms. The molecule has 1 heterocycles. The van der Waals surface area contributed by atoms with Crippen molar-refractivity contribution in [2.45, 2.75) is 29.7 Å². The molecule has 0 radical (unpaired) electrons. The number of sulfone groups is 1. The molecule has 0 saturated heterocycles. The maximum atomic E-state index is 12.5. The Labute approximate surface area is 182 Å². The number of carbonyl (C=O) groups excluding carboxylic acids is 1. The maximum absolute atomic E-state index is 12.5. The lowest BCUT2D eigenvalue weighted by Crippen LogP contribution is -2.21. The van der Waals surface area contributed by atoms with Crippen molar-refractivity contribution in [2.75, 3.05) is 5.75 Å². The van der Waals surface area contributed by atoms with Crippen molar-refractivity contribution >= 4 is 58.9 Å². The first-order valence-corrected chi connectivity index (χ1v) is 13.1. The van der Waals surface area contributed by atoms with Crippen LogP contribution < -0.4 is 9.94 Å². The molecule has 3 rings (SSSR count). The number of aryl methyl sites for hydroxylation is 1. The topological polar surface area (TPSA) is 129 Å². The molecule has 3 aromatic rings. The summed E-state index contributed by atoms with van der Waals surface area (Å²) >= 11 is 6.86. The molecule has 2 N–H and O–H groups in total. The largest absolute Gasteiger partial charge is 0.316 e. The Bertz CT molecular complexity index is 1390. The summed E-state index contributed by atoms with van der Waals surface area (Å²) in [4.78, 5) is 16.6. The summed E-state index contributed by atoms with van der Waals surface area (Å²) in [6.45, 7) is 2.45. The first kappa shape index (κ1) is 22.6. The number of hydrogen-bond donors (Lipinski definition) is 1. The van der Waals surface area contributed by atoms with E-state index in [2.05, 4.69) is 4.99 Å². The smallest absolute Gasteiger partial charge is 0.263 e. The first-order valence-electron chi connectivity index (χ1n) is 8.73. The van der Waals surface area contributed by atoms with Gasteiger partial charge in [-0.05, 0) is 48.9 Å². The molecule has 0 bridgehead atoms. The highest BCUT2D eigenvalue weighted by molar-refractivity contribution is 7.92. The monoisotopic (exact) mass is 487 g/mol. The molecule has 8 nitrogen and oxygen atoms in total. The lowest BCUT2D eigenvalue weighted by Gasteiger charge is -2.04. The van der Waals surface area contributed by atoms with Crippen molar-refractivity contribution in [1.82, 2.24) is 4.57 Å². The standard InChI is InChI=1S/C18H18ClN3O5S3/c1-2-9-22-15-8-7-14(30(20,26)27)10-16(15)28-18(22)21-17(23)11-29(24,25)13-5-3-12(19)4-6-13/h3-8,10H,2,9,11H2,1H3,(H2,20,26,27). The van der Waals surface area contributed by atoms with Gasteiger partial charge in [-0.1, -0.05) is 29.9 Å². The molecule has 1 amide bonds. The van der Waals surface area contributed by atoms with Crippen LogP contribution in [0.1, 0.15) is 13.3 Å². The predicted octanol–water partition coefficient (Wildman–Crippen LogP) is 2.31. The molecule has 0 fully saturated rings. The minimum absolute atomic E-state index is 0.0222. The molecular weight excluding hydrogens is 470 g/mol. The number of benzene rings is 2. The number of rotatable bonds is 6. The van der Waals surface area contributed by atoms with E-state index in [0.717, 1.165) is 17.8 Å². The molecule has 0 spiro atoms. The average Bonchev–Trinajstić information content (AvgIpc) is 2.97. The van der Waals surface area contributed by atoms with Crippen molar-refractivity contribution in [3.63, 3.8) is 0 Å². The predicted molar refractivity (Wildman–Crippen MR) is 116 cm³/mol. The van der Waals surface area contributed by atoms with Crippen molar-refractivity contribution in [2.24, 2.45) is 10.1 Å². The van der Waals surface area contributed by atoms with Crippen LogP contribution in [-0.2, 0) is 31.2 Å².